The molecule has 0 radical (unpaired) electrons. The summed E-state index contributed by atoms with van der Waals surface area (Å²) >= 11 is 0. The van der Waals surface area contributed by atoms with Gasteiger partial charge in [-0.25, -0.2) is 0 Å². The van der Waals surface area contributed by atoms with Gasteiger partial charge in [-0.2, -0.15) is 0 Å². The first-order chi connectivity index (χ1) is 6.10. The van der Waals surface area contributed by atoms with Crippen molar-refractivity contribution in [1.29, 1.82) is 0 Å². The molecule has 74 valence electrons. The van der Waals surface area contributed by atoms with Gasteiger partial charge in [0.25, 0.3) is 0 Å². The third-order valence-corrected chi connectivity index (χ3v) is 2.64. The van der Waals surface area contributed by atoms with Gasteiger partial charge in [-0.05, 0) is 6.92 Å². The molecule has 0 aromatic heterocycles. The van der Waals surface area contributed by atoms with E-state index in [4.69, 9.17) is 14.6 Å². The lowest BCUT2D eigenvalue weighted by Crippen LogP contribution is -2.37. The number of carboxylic acid groups (broad SMARTS) is 1. The molecule has 1 unspecified atom stereocenters. The number of carboxylic acids is 1. The van der Waals surface area contributed by atoms with Crippen LogP contribution in [0.2, 0.25) is 0 Å². The minimum atomic E-state index is -0.796. The fraction of sp³-hybridized carbons (Fsp3) is 0.889. The summed E-state index contributed by atoms with van der Waals surface area (Å²) in [6.07, 6.45) is 1.70. The number of aliphatic carboxylic acids is 1. The monoisotopic (exact) mass is 186 g/mol. The molecule has 13 heavy (non-hydrogen) atoms. The molecule has 0 amide bonds. The second kappa shape index (κ2) is 2.96. The lowest BCUT2D eigenvalue weighted by Gasteiger charge is -2.31. The van der Waals surface area contributed by atoms with Gasteiger partial charge in [-0.3, -0.25) is 4.79 Å². The summed E-state index contributed by atoms with van der Waals surface area (Å²) in [6, 6.07) is 0. The molecule has 2 aliphatic heterocycles. The summed E-state index contributed by atoms with van der Waals surface area (Å²) in [5.74, 6) is -0.796. The highest BCUT2D eigenvalue weighted by atomic mass is 16.6. The van der Waals surface area contributed by atoms with Crippen molar-refractivity contribution in [2.24, 2.45) is 0 Å². The minimum Gasteiger partial charge on any atom is -0.481 e. The van der Waals surface area contributed by atoms with Gasteiger partial charge in [0.05, 0.1) is 30.8 Å². The van der Waals surface area contributed by atoms with Crippen LogP contribution in [0.4, 0.5) is 0 Å². The van der Waals surface area contributed by atoms with Crippen molar-refractivity contribution in [3.05, 3.63) is 0 Å². The smallest absolute Gasteiger partial charge is 0.305 e. The van der Waals surface area contributed by atoms with Crippen molar-refractivity contribution in [2.75, 3.05) is 6.61 Å². The zero-order chi connectivity index (χ0) is 9.47. The second-order valence-corrected chi connectivity index (χ2v) is 4.05. The second-order valence-electron chi connectivity index (χ2n) is 4.05. The quantitative estimate of drug-likeness (QED) is 0.648. The highest BCUT2D eigenvalue weighted by molar-refractivity contribution is 5.67. The summed E-state index contributed by atoms with van der Waals surface area (Å²) in [5.41, 5.74) is -0.0300. The molecule has 0 aromatic rings. The van der Waals surface area contributed by atoms with Crippen LogP contribution in [0, 0.1) is 0 Å². The van der Waals surface area contributed by atoms with Crippen molar-refractivity contribution < 1.29 is 19.4 Å². The van der Waals surface area contributed by atoms with Gasteiger partial charge < -0.3 is 14.6 Å². The van der Waals surface area contributed by atoms with E-state index < -0.39 is 5.97 Å². The topological polar surface area (TPSA) is 59.1 Å². The zero-order valence-corrected chi connectivity index (χ0v) is 7.66. The summed E-state index contributed by atoms with van der Waals surface area (Å²) < 4.78 is 10.9. The van der Waals surface area contributed by atoms with E-state index >= 15 is 0 Å². The van der Waals surface area contributed by atoms with Crippen molar-refractivity contribution >= 4 is 5.97 Å². The third-order valence-electron chi connectivity index (χ3n) is 2.64. The van der Waals surface area contributed by atoms with E-state index in [0.29, 0.717) is 0 Å². The van der Waals surface area contributed by atoms with E-state index in [1.54, 1.807) is 0 Å². The maximum Gasteiger partial charge on any atom is 0.305 e. The number of epoxide rings is 1. The molecule has 2 heterocycles. The van der Waals surface area contributed by atoms with Crippen LogP contribution in [-0.2, 0) is 14.3 Å². The maximum absolute atomic E-state index is 10.5. The Bertz CT molecular complexity index is 222. The number of rotatable bonds is 2. The molecule has 2 saturated heterocycles. The van der Waals surface area contributed by atoms with E-state index in [1.807, 2.05) is 6.92 Å². The van der Waals surface area contributed by atoms with E-state index in [-0.39, 0.29) is 24.2 Å². The Hall–Kier alpha value is -0.610. The van der Waals surface area contributed by atoms with Crippen LogP contribution in [0.15, 0.2) is 0 Å². The maximum atomic E-state index is 10.5. The van der Waals surface area contributed by atoms with Crippen LogP contribution in [0.5, 0.6) is 0 Å². The first kappa shape index (κ1) is 8.97. The summed E-state index contributed by atoms with van der Waals surface area (Å²) in [4.78, 5) is 10.5. The predicted molar refractivity (Wildman–Crippen MR) is 44.5 cm³/mol. The van der Waals surface area contributed by atoms with E-state index in [9.17, 15) is 4.79 Å². The molecule has 1 N–H and O–H groups in total. The van der Waals surface area contributed by atoms with E-state index in [2.05, 4.69) is 0 Å². The lowest BCUT2D eigenvalue weighted by atomic mass is 9.91. The van der Waals surface area contributed by atoms with Gasteiger partial charge in [-0.15, -0.1) is 0 Å². The van der Waals surface area contributed by atoms with Crippen LogP contribution < -0.4 is 0 Å². The van der Waals surface area contributed by atoms with Crippen molar-refractivity contribution in [3.63, 3.8) is 0 Å². The number of carbonyl (C=O) groups is 1. The average Bonchev–Trinajstić information content (AvgIpc) is 2.64. The fourth-order valence-electron chi connectivity index (χ4n) is 2.10. The first-order valence-corrected chi connectivity index (χ1v) is 4.61. The summed E-state index contributed by atoms with van der Waals surface area (Å²) in [6.45, 7) is 2.74. The first-order valence-electron chi connectivity index (χ1n) is 4.61. The molecule has 4 nitrogen and oxygen atoms in total. The van der Waals surface area contributed by atoms with Crippen molar-refractivity contribution in [1.82, 2.24) is 0 Å². The Labute approximate surface area is 76.8 Å². The van der Waals surface area contributed by atoms with Crippen molar-refractivity contribution in [3.8, 4) is 0 Å². The molecule has 4 heteroatoms. The Balaban J connectivity index is 1.93. The Kier molecular flexibility index (Phi) is 2.04. The highest BCUT2D eigenvalue weighted by Gasteiger charge is 2.50. The lowest BCUT2D eigenvalue weighted by molar-refractivity contribution is -0.144. The molecule has 3 atom stereocenters. The molecule has 2 rings (SSSR count). The van der Waals surface area contributed by atoms with Crippen LogP contribution in [0.25, 0.3) is 0 Å². The number of hydrogen-bond acceptors (Lipinski definition) is 3. The molecule has 0 aromatic carbocycles. The summed E-state index contributed by atoms with van der Waals surface area (Å²) in [7, 11) is 0. The highest BCUT2D eigenvalue weighted by Crippen LogP contribution is 2.42. The van der Waals surface area contributed by atoms with Crippen LogP contribution in [-0.4, -0.2) is 35.5 Å². The van der Waals surface area contributed by atoms with Crippen molar-refractivity contribution in [2.45, 2.75) is 44.0 Å². The van der Waals surface area contributed by atoms with Gasteiger partial charge in [0, 0.05) is 12.8 Å². The molecule has 2 aliphatic rings. The summed E-state index contributed by atoms with van der Waals surface area (Å²) in [5, 5.41) is 8.62. The molecule has 0 saturated carbocycles. The number of ether oxygens (including phenoxy) is 2. The SMILES string of the molecule is CC1C[C@]2(CO2)C[C@@H](CC(=O)O)O1. The molecule has 0 aliphatic carbocycles. The molecular weight excluding hydrogens is 172 g/mol. The largest absolute Gasteiger partial charge is 0.481 e. The third kappa shape index (κ3) is 2.00. The normalized spacial score (nSPS) is 43.5. The van der Waals surface area contributed by atoms with Crippen LogP contribution in [0.1, 0.15) is 26.2 Å². The number of hydrogen-bond donors (Lipinski definition) is 1. The van der Waals surface area contributed by atoms with Crippen LogP contribution >= 0.6 is 0 Å². The molecule has 1 spiro atoms. The Morgan fingerprint density at radius 1 is 1.62 bits per heavy atom. The molecular formula is C9H14O4. The standard InChI is InChI=1S/C9H14O4/c1-6-3-9(5-12-9)4-7(13-6)2-8(10)11/h6-7H,2-5H2,1H3,(H,10,11)/t6?,7-,9-/m1/s1. The average molecular weight is 186 g/mol. The van der Waals surface area contributed by atoms with Gasteiger partial charge in [0.2, 0.25) is 0 Å². The van der Waals surface area contributed by atoms with E-state index in [1.165, 1.54) is 0 Å². The van der Waals surface area contributed by atoms with Gasteiger partial charge in [-0.1, -0.05) is 0 Å². The molecule has 0 bridgehead atoms. The Morgan fingerprint density at radius 3 is 2.85 bits per heavy atom. The predicted octanol–water partition coefficient (Wildman–Crippen LogP) is 0.798. The zero-order valence-electron chi connectivity index (χ0n) is 7.66. The van der Waals surface area contributed by atoms with Gasteiger partial charge >= 0.3 is 5.97 Å². The Morgan fingerprint density at radius 2 is 2.31 bits per heavy atom. The van der Waals surface area contributed by atoms with Gasteiger partial charge in [0.15, 0.2) is 0 Å². The minimum absolute atomic E-state index is 0.0300. The van der Waals surface area contributed by atoms with Gasteiger partial charge in [0.1, 0.15) is 0 Å². The van der Waals surface area contributed by atoms with Crippen LogP contribution in [0.3, 0.4) is 0 Å². The van der Waals surface area contributed by atoms with E-state index in [0.717, 1.165) is 19.4 Å². The fourth-order valence-corrected chi connectivity index (χ4v) is 2.10. The molecule has 2 fully saturated rings.